The van der Waals surface area contributed by atoms with Gasteiger partial charge >= 0.3 is 5.97 Å². The first-order chi connectivity index (χ1) is 4.22. The number of hydrogen-bond acceptors (Lipinski definition) is 3. The maximum Gasteiger partial charge on any atom is 0.322 e. The number of nitrogens with two attached hydrogens (primary N) is 1. The molecular weight excluding hydrogens is 120 g/mol. The van der Waals surface area contributed by atoms with E-state index in [-0.39, 0.29) is 6.54 Å². The highest BCUT2D eigenvalue weighted by atomic mass is 16.4. The lowest BCUT2D eigenvalue weighted by atomic mass is 10.3. The number of hydrogen-bond donors (Lipinski definition) is 3. The van der Waals surface area contributed by atoms with Gasteiger partial charge in [0.15, 0.2) is 0 Å². The Balaban J connectivity index is 3.54. The van der Waals surface area contributed by atoms with Crippen molar-refractivity contribution >= 4 is 5.97 Å². The Hall–Kier alpha value is -0.610. The van der Waals surface area contributed by atoms with E-state index in [9.17, 15) is 4.79 Å². The second-order valence-electron chi connectivity index (χ2n) is 1.68. The Morgan fingerprint density at radius 3 is 2.56 bits per heavy atom. The summed E-state index contributed by atoms with van der Waals surface area (Å²) in [6.07, 6.45) is 0. The smallest absolute Gasteiger partial charge is 0.322 e. The third-order valence-corrected chi connectivity index (χ3v) is 0.984. The average Bonchev–Trinajstić information content (AvgIpc) is 1.82. The van der Waals surface area contributed by atoms with Crippen LogP contribution in [0.3, 0.4) is 0 Å². The largest absolute Gasteiger partial charge is 0.480 e. The Bertz CT molecular complexity index is 95.0. The highest BCUT2D eigenvalue weighted by Crippen LogP contribution is 1.77. The van der Waals surface area contributed by atoms with Crippen LogP contribution in [0.5, 0.6) is 0 Å². The fraction of sp³-hybridized carbons (Fsp3) is 0.800. The summed E-state index contributed by atoms with van der Waals surface area (Å²) < 4.78 is 0. The van der Waals surface area contributed by atoms with E-state index >= 15 is 0 Å². The highest BCUT2D eigenvalue weighted by Gasteiger charge is 2.11. The molecule has 0 spiro atoms. The van der Waals surface area contributed by atoms with Gasteiger partial charge in [0, 0.05) is 6.54 Å². The van der Waals surface area contributed by atoms with Crippen molar-refractivity contribution in [2.45, 2.75) is 13.0 Å². The molecule has 0 rings (SSSR count). The van der Waals surface area contributed by atoms with Crippen LogP contribution in [0.4, 0.5) is 0 Å². The number of rotatable bonds is 4. The summed E-state index contributed by atoms with van der Waals surface area (Å²) >= 11 is 0. The van der Waals surface area contributed by atoms with Crippen molar-refractivity contribution in [1.29, 1.82) is 0 Å². The SMILES string of the molecule is CCNC(CN)C(=O)O. The van der Waals surface area contributed by atoms with Crippen LogP contribution in [0.1, 0.15) is 6.92 Å². The van der Waals surface area contributed by atoms with E-state index in [1.807, 2.05) is 6.92 Å². The molecule has 0 aliphatic carbocycles. The molecule has 4 nitrogen and oxygen atoms in total. The topological polar surface area (TPSA) is 75.3 Å². The minimum absolute atomic E-state index is 0.142. The van der Waals surface area contributed by atoms with Gasteiger partial charge in [0.25, 0.3) is 0 Å². The van der Waals surface area contributed by atoms with Crippen LogP contribution >= 0.6 is 0 Å². The molecular formula is C5H12N2O2. The molecule has 0 aliphatic heterocycles. The Labute approximate surface area is 54.0 Å². The molecule has 4 heteroatoms. The van der Waals surface area contributed by atoms with E-state index in [1.54, 1.807) is 0 Å². The van der Waals surface area contributed by atoms with Crippen LogP contribution in [0.25, 0.3) is 0 Å². The minimum Gasteiger partial charge on any atom is -0.480 e. The van der Waals surface area contributed by atoms with Crippen molar-refractivity contribution in [3.8, 4) is 0 Å². The molecule has 0 aromatic rings. The molecule has 1 atom stereocenters. The number of likely N-dealkylation sites (N-methyl/N-ethyl adjacent to an activating group) is 1. The molecule has 4 N–H and O–H groups in total. The average molecular weight is 132 g/mol. The van der Waals surface area contributed by atoms with Crippen molar-refractivity contribution in [3.63, 3.8) is 0 Å². The first kappa shape index (κ1) is 8.39. The van der Waals surface area contributed by atoms with Gasteiger partial charge in [-0.3, -0.25) is 4.79 Å². The molecule has 54 valence electrons. The Morgan fingerprint density at radius 1 is 1.89 bits per heavy atom. The maximum absolute atomic E-state index is 10.2. The van der Waals surface area contributed by atoms with Crippen LogP contribution in [-0.2, 0) is 4.79 Å². The number of carboxylic acid groups (broad SMARTS) is 1. The Morgan fingerprint density at radius 2 is 2.44 bits per heavy atom. The fourth-order valence-corrected chi connectivity index (χ4v) is 0.518. The van der Waals surface area contributed by atoms with Crippen molar-refractivity contribution in [1.82, 2.24) is 5.32 Å². The van der Waals surface area contributed by atoms with E-state index in [4.69, 9.17) is 10.8 Å². The number of carbonyl (C=O) groups is 1. The lowest BCUT2D eigenvalue weighted by Crippen LogP contribution is -2.42. The van der Waals surface area contributed by atoms with Gasteiger partial charge in [-0.15, -0.1) is 0 Å². The molecule has 9 heavy (non-hydrogen) atoms. The molecule has 0 aromatic heterocycles. The van der Waals surface area contributed by atoms with Gasteiger partial charge < -0.3 is 16.2 Å². The summed E-state index contributed by atoms with van der Waals surface area (Å²) in [6, 6.07) is -0.588. The zero-order valence-corrected chi connectivity index (χ0v) is 5.42. The first-order valence-electron chi connectivity index (χ1n) is 2.88. The van der Waals surface area contributed by atoms with Crippen LogP contribution in [0.2, 0.25) is 0 Å². The normalized spacial score (nSPS) is 13.1. The van der Waals surface area contributed by atoms with E-state index in [2.05, 4.69) is 5.32 Å². The molecule has 0 bridgehead atoms. The Kier molecular flexibility index (Phi) is 4.00. The zero-order chi connectivity index (χ0) is 7.28. The predicted octanol–water partition coefficient (Wildman–Crippen LogP) is -0.992. The van der Waals surface area contributed by atoms with Crippen LogP contribution in [0, 0.1) is 0 Å². The van der Waals surface area contributed by atoms with Gasteiger partial charge in [-0.25, -0.2) is 0 Å². The summed E-state index contributed by atoms with van der Waals surface area (Å²) in [4.78, 5) is 10.2. The highest BCUT2D eigenvalue weighted by molar-refractivity contribution is 5.73. The molecule has 0 amide bonds. The zero-order valence-electron chi connectivity index (χ0n) is 5.42. The van der Waals surface area contributed by atoms with E-state index < -0.39 is 12.0 Å². The minimum atomic E-state index is -0.889. The summed E-state index contributed by atoms with van der Waals surface area (Å²) in [5.74, 6) is -0.889. The third kappa shape index (κ3) is 3.05. The van der Waals surface area contributed by atoms with Crippen molar-refractivity contribution < 1.29 is 9.90 Å². The van der Waals surface area contributed by atoms with Crippen LogP contribution in [-0.4, -0.2) is 30.2 Å². The van der Waals surface area contributed by atoms with Crippen molar-refractivity contribution in [3.05, 3.63) is 0 Å². The summed E-state index contributed by atoms with van der Waals surface area (Å²) in [7, 11) is 0. The maximum atomic E-state index is 10.2. The first-order valence-corrected chi connectivity index (χ1v) is 2.88. The molecule has 0 aliphatic rings. The molecule has 0 saturated heterocycles. The van der Waals surface area contributed by atoms with Gasteiger partial charge in [-0.2, -0.15) is 0 Å². The van der Waals surface area contributed by atoms with E-state index in [0.29, 0.717) is 6.54 Å². The van der Waals surface area contributed by atoms with E-state index in [0.717, 1.165) is 0 Å². The second-order valence-corrected chi connectivity index (χ2v) is 1.68. The number of carboxylic acids is 1. The number of aliphatic carboxylic acids is 1. The van der Waals surface area contributed by atoms with Gasteiger partial charge in [-0.05, 0) is 6.54 Å². The van der Waals surface area contributed by atoms with E-state index in [1.165, 1.54) is 0 Å². The lowest BCUT2D eigenvalue weighted by molar-refractivity contribution is -0.139. The molecule has 0 radical (unpaired) electrons. The fourth-order valence-electron chi connectivity index (χ4n) is 0.518. The quantitative estimate of drug-likeness (QED) is 0.459. The monoisotopic (exact) mass is 132 g/mol. The second kappa shape index (κ2) is 4.29. The van der Waals surface area contributed by atoms with Gasteiger partial charge in [-0.1, -0.05) is 6.92 Å². The van der Waals surface area contributed by atoms with Gasteiger partial charge in [0.1, 0.15) is 6.04 Å². The predicted molar refractivity (Wildman–Crippen MR) is 34.2 cm³/mol. The summed E-state index contributed by atoms with van der Waals surface area (Å²) in [5.41, 5.74) is 5.12. The van der Waals surface area contributed by atoms with Crippen LogP contribution in [0.15, 0.2) is 0 Å². The van der Waals surface area contributed by atoms with Gasteiger partial charge in [0.05, 0.1) is 0 Å². The molecule has 0 aromatic carbocycles. The number of nitrogens with one attached hydrogen (secondary N) is 1. The third-order valence-electron chi connectivity index (χ3n) is 0.984. The van der Waals surface area contributed by atoms with Gasteiger partial charge in [0.2, 0.25) is 0 Å². The molecule has 1 unspecified atom stereocenters. The van der Waals surface area contributed by atoms with Crippen LogP contribution < -0.4 is 11.1 Å². The van der Waals surface area contributed by atoms with Crippen molar-refractivity contribution in [2.75, 3.05) is 13.1 Å². The molecule has 0 heterocycles. The summed E-state index contributed by atoms with van der Waals surface area (Å²) in [5, 5.41) is 11.1. The standard InChI is InChI=1S/C5H12N2O2/c1-2-7-4(3-6)5(8)9/h4,7H,2-3,6H2,1H3,(H,8,9). The summed E-state index contributed by atoms with van der Waals surface area (Å²) in [6.45, 7) is 2.61. The van der Waals surface area contributed by atoms with Crippen molar-refractivity contribution in [2.24, 2.45) is 5.73 Å². The lowest BCUT2D eigenvalue weighted by Gasteiger charge is -2.08. The molecule has 0 fully saturated rings. The molecule has 0 saturated carbocycles.